The van der Waals surface area contributed by atoms with Crippen LogP contribution in [0.5, 0.6) is 5.75 Å². The van der Waals surface area contributed by atoms with Gasteiger partial charge in [0.05, 0.1) is 17.7 Å². The standard InChI is InChI=1S/C33H28ClFN4O3/c1-36-32(41)31-30(20-7-10-22(35)11-8-20)38-29-12-9-21(19-39(29)31)23-16-24(27(42-2)17-25(23)34)26(40)18-33(13-5-14-33)28-6-3-4-15-37-28/h3-4,6-12,15-17,19H,5,13-14,18H2,1-2H3,(H,36,41). The molecule has 7 nitrogen and oxygen atoms in total. The molecular formula is C33H28ClFN4O3. The number of nitrogens with one attached hydrogen (secondary N) is 1. The molecule has 3 aromatic heterocycles. The fraction of sp³-hybridized carbons (Fsp3) is 0.212. The molecule has 0 aliphatic heterocycles. The van der Waals surface area contributed by atoms with Gasteiger partial charge in [-0.05, 0) is 73.0 Å². The van der Waals surface area contributed by atoms with Crippen LogP contribution in [-0.4, -0.2) is 40.2 Å². The van der Waals surface area contributed by atoms with Crippen LogP contribution in [0.3, 0.4) is 0 Å². The number of nitrogens with zero attached hydrogens (tertiary/aromatic N) is 3. The summed E-state index contributed by atoms with van der Waals surface area (Å²) in [6.07, 6.45) is 6.68. The number of fused-ring (bicyclic) bond motifs is 1. The highest BCUT2D eigenvalue weighted by atomic mass is 35.5. The van der Waals surface area contributed by atoms with Gasteiger partial charge in [-0.3, -0.25) is 19.0 Å². The first-order valence-corrected chi connectivity index (χ1v) is 14.0. The van der Waals surface area contributed by atoms with Crippen LogP contribution >= 0.6 is 11.6 Å². The van der Waals surface area contributed by atoms with Gasteiger partial charge in [-0.1, -0.05) is 24.1 Å². The molecule has 1 aliphatic rings. The van der Waals surface area contributed by atoms with E-state index in [9.17, 15) is 14.0 Å². The number of amides is 1. The van der Waals surface area contributed by atoms with E-state index in [1.165, 1.54) is 26.3 Å². The molecule has 1 N–H and O–H groups in total. The number of halogens is 2. The Kier molecular flexibility index (Phi) is 7.24. The summed E-state index contributed by atoms with van der Waals surface area (Å²) in [6, 6.07) is 18.7. The van der Waals surface area contributed by atoms with Crippen LogP contribution < -0.4 is 10.1 Å². The Morgan fingerprint density at radius 1 is 1.07 bits per heavy atom. The summed E-state index contributed by atoms with van der Waals surface area (Å²) in [5.41, 5.74) is 4.22. The minimum Gasteiger partial charge on any atom is -0.496 e. The Morgan fingerprint density at radius 3 is 2.48 bits per heavy atom. The third-order valence-electron chi connectivity index (χ3n) is 8.10. The van der Waals surface area contributed by atoms with Crippen LogP contribution in [0.15, 0.2) is 79.1 Å². The second kappa shape index (κ2) is 11.0. The number of benzene rings is 2. The van der Waals surface area contributed by atoms with E-state index in [4.69, 9.17) is 16.3 Å². The molecule has 0 bridgehead atoms. The Balaban J connectivity index is 1.43. The summed E-state index contributed by atoms with van der Waals surface area (Å²) in [7, 11) is 3.06. The van der Waals surface area contributed by atoms with E-state index < -0.39 is 0 Å². The van der Waals surface area contributed by atoms with Gasteiger partial charge in [0, 0.05) is 54.2 Å². The monoisotopic (exact) mass is 582 g/mol. The summed E-state index contributed by atoms with van der Waals surface area (Å²) in [5, 5.41) is 3.07. The largest absolute Gasteiger partial charge is 0.496 e. The molecule has 0 spiro atoms. The van der Waals surface area contributed by atoms with Crippen molar-refractivity contribution in [2.75, 3.05) is 14.2 Å². The Bertz CT molecular complexity index is 1820. The first-order chi connectivity index (χ1) is 20.3. The van der Waals surface area contributed by atoms with Crippen molar-refractivity contribution in [1.29, 1.82) is 0 Å². The molecular weight excluding hydrogens is 555 g/mol. The predicted molar refractivity (Wildman–Crippen MR) is 160 cm³/mol. The van der Waals surface area contributed by atoms with Crippen molar-refractivity contribution in [3.05, 3.63) is 107 Å². The highest BCUT2D eigenvalue weighted by Gasteiger charge is 2.42. The van der Waals surface area contributed by atoms with Crippen molar-refractivity contribution in [3.8, 4) is 28.1 Å². The van der Waals surface area contributed by atoms with Gasteiger partial charge >= 0.3 is 0 Å². The summed E-state index contributed by atoms with van der Waals surface area (Å²) in [4.78, 5) is 36.1. The van der Waals surface area contributed by atoms with Crippen LogP contribution in [0.4, 0.5) is 4.39 Å². The van der Waals surface area contributed by atoms with E-state index in [0.29, 0.717) is 56.5 Å². The highest BCUT2D eigenvalue weighted by Crippen LogP contribution is 2.47. The summed E-state index contributed by atoms with van der Waals surface area (Å²) < 4.78 is 20.9. The number of aromatic nitrogens is 3. The zero-order valence-corrected chi connectivity index (χ0v) is 23.9. The molecule has 0 saturated heterocycles. The Morgan fingerprint density at radius 2 is 1.83 bits per heavy atom. The molecule has 1 aliphatic carbocycles. The number of carbonyl (C=O) groups excluding carboxylic acids is 2. The lowest BCUT2D eigenvalue weighted by Gasteiger charge is -2.41. The van der Waals surface area contributed by atoms with Gasteiger partial charge in [-0.2, -0.15) is 0 Å². The summed E-state index contributed by atoms with van der Waals surface area (Å²) in [6.45, 7) is 0. The van der Waals surface area contributed by atoms with E-state index in [1.807, 2.05) is 24.3 Å². The van der Waals surface area contributed by atoms with Crippen LogP contribution in [0.25, 0.3) is 28.0 Å². The van der Waals surface area contributed by atoms with Crippen molar-refractivity contribution in [2.45, 2.75) is 31.1 Å². The van der Waals surface area contributed by atoms with Crippen LogP contribution in [-0.2, 0) is 5.41 Å². The van der Waals surface area contributed by atoms with Gasteiger partial charge in [-0.25, -0.2) is 9.37 Å². The number of hydrogen-bond acceptors (Lipinski definition) is 5. The quantitative estimate of drug-likeness (QED) is 0.201. The lowest BCUT2D eigenvalue weighted by Crippen LogP contribution is -2.37. The van der Waals surface area contributed by atoms with E-state index in [1.54, 1.807) is 47.1 Å². The molecule has 1 fully saturated rings. The second-order valence-electron chi connectivity index (χ2n) is 10.5. The predicted octanol–water partition coefficient (Wildman–Crippen LogP) is 6.92. The van der Waals surface area contributed by atoms with E-state index in [2.05, 4.69) is 15.3 Å². The minimum atomic E-state index is -0.381. The molecule has 42 heavy (non-hydrogen) atoms. The van der Waals surface area contributed by atoms with Crippen LogP contribution in [0.1, 0.15) is 52.2 Å². The lowest BCUT2D eigenvalue weighted by molar-refractivity contribution is 0.0897. The first kappa shape index (κ1) is 27.6. The number of ketones is 1. The molecule has 2 aromatic carbocycles. The average molecular weight is 583 g/mol. The van der Waals surface area contributed by atoms with Gasteiger partial charge in [-0.15, -0.1) is 0 Å². The van der Waals surface area contributed by atoms with Gasteiger partial charge in [0.1, 0.15) is 28.6 Å². The molecule has 6 rings (SSSR count). The van der Waals surface area contributed by atoms with Crippen molar-refractivity contribution in [2.24, 2.45) is 0 Å². The molecule has 1 saturated carbocycles. The smallest absolute Gasteiger partial charge is 0.270 e. The number of Topliss-reactive ketones (excluding diaryl/α,β-unsaturated/α-hetero) is 1. The summed E-state index contributed by atoms with van der Waals surface area (Å²) in [5.74, 6) is -0.383. The molecule has 5 aromatic rings. The van der Waals surface area contributed by atoms with Crippen LogP contribution in [0, 0.1) is 5.82 Å². The highest BCUT2D eigenvalue weighted by molar-refractivity contribution is 6.33. The van der Waals surface area contributed by atoms with Crippen molar-refractivity contribution in [1.82, 2.24) is 19.7 Å². The van der Waals surface area contributed by atoms with E-state index >= 15 is 0 Å². The Hall–Kier alpha value is -4.56. The maximum Gasteiger partial charge on any atom is 0.270 e. The van der Waals surface area contributed by atoms with Gasteiger partial charge < -0.3 is 10.1 Å². The fourth-order valence-electron chi connectivity index (χ4n) is 5.72. The van der Waals surface area contributed by atoms with E-state index in [-0.39, 0.29) is 22.9 Å². The number of ether oxygens (including phenoxy) is 1. The number of imidazole rings is 1. The molecule has 212 valence electrons. The van der Waals surface area contributed by atoms with Crippen molar-refractivity contribution in [3.63, 3.8) is 0 Å². The molecule has 0 unspecified atom stereocenters. The average Bonchev–Trinajstić information content (AvgIpc) is 3.38. The van der Waals surface area contributed by atoms with Gasteiger partial charge in [0.25, 0.3) is 5.91 Å². The molecule has 0 radical (unpaired) electrons. The lowest BCUT2D eigenvalue weighted by atomic mass is 9.63. The topological polar surface area (TPSA) is 85.6 Å². The van der Waals surface area contributed by atoms with Crippen LogP contribution in [0.2, 0.25) is 5.02 Å². The molecule has 0 atom stereocenters. The molecule has 1 amide bonds. The number of hydrogen-bond donors (Lipinski definition) is 1. The SMILES string of the molecule is CNC(=O)c1c(-c2ccc(F)cc2)nc2ccc(-c3cc(C(=O)CC4(c5ccccn5)CCC4)c(OC)cc3Cl)cn12. The zero-order chi connectivity index (χ0) is 29.4. The number of rotatable bonds is 8. The molecule has 3 heterocycles. The first-order valence-electron chi connectivity index (χ1n) is 13.7. The van der Waals surface area contributed by atoms with E-state index in [0.717, 1.165) is 25.0 Å². The maximum absolute atomic E-state index is 13.8. The molecule has 9 heteroatoms. The van der Waals surface area contributed by atoms with Crippen molar-refractivity contribution >= 4 is 28.9 Å². The number of pyridine rings is 2. The minimum absolute atomic E-state index is 0.0523. The third-order valence-corrected chi connectivity index (χ3v) is 8.41. The third kappa shape index (κ3) is 4.81. The number of methoxy groups -OCH3 is 1. The van der Waals surface area contributed by atoms with Crippen molar-refractivity contribution < 1.29 is 18.7 Å². The Labute approximate surface area is 247 Å². The number of carbonyl (C=O) groups is 2. The fourth-order valence-corrected chi connectivity index (χ4v) is 5.98. The second-order valence-corrected chi connectivity index (χ2v) is 10.9. The maximum atomic E-state index is 13.8. The zero-order valence-electron chi connectivity index (χ0n) is 23.2. The van der Waals surface area contributed by atoms with Gasteiger partial charge in [0.15, 0.2) is 5.78 Å². The normalized spacial score (nSPS) is 13.9. The van der Waals surface area contributed by atoms with Gasteiger partial charge in [0.2, 0.25) is 0 Å². The summed E-state index contributed by atoms with van der Waals surface area (Å²) >= 11 is 6.74.